The summed E-state index contributed by atoms with van der Waals surface area (Å²) in [5, 5.41) is 14.7. The molecule has 0 radical (unpaired) electrons. The number of hydrogen-bond donors (Lipinski definition) is 1. The SMILES string of the molecule is Cc1cccc(-c2nc(Cc3ccccc3Cl)no2)c1O. The van der Waals surface area contributed by atoms with Crippen LogP contribution in [0.25, 0.3) is 11.5 Å². The second kappa shape index (κ2) is 5.58. The van der Waals surface area contributed by atoms with Crippen molar-refractivity contribution in [3.05, 3.63) is 64.4 Å². The van der Waals surface area contributed by atoms with Crippen LogP contribution in [0.1, 0.15) is 17.0 Å². The highest BCUT2D eigenvalue weighted by Crippen LogP contribution is 2.30. The Balaban J connectivity index is 1.90. The van der Waals surface area contributed by atoms with Crippen LogP contribution >= 0.6 is 11.6 Å². The quantitative estimate of drug-likeness (QED) is 0.794. The van der Waals surface area contributed by atoms with Crippen LogP contribution in [0, 0.1) is 6.92 Å². The highest BCUT2D eigenvalue weighted by atomic mass is 35.5. The molecule has 0 aliphatic rings. The van der Waals surface area contributed by atoms with Gasteiger partial charge in [-0.2, -0.15) is 4.98 Å². The van der Waals surface area contributed by atoms with E-state index in [0.29, 0.717) is 28.7 Å². The normalized spacial score (nSPS) is 10.8. The maximum Gasteiger partial charge on any atom is 0.261 e. The maximum atomic E-state index is 10.0. The summed E-state index contributed by atoms with van der Waals surface area (Å²) in [5.41, 5.74) is 2.23. The fraction of sp³-hybridized carbons (Fsp3) is 0.125. The van der Waals surface area contributed by atoms with E-state index in [1.165, 1.54) is 0 Å². The molecule has 0 saturated carbocycles. The summed E-state index contributed by atoms with van der Waals surface area (Å²) < 4.78 is 5.23. The second-order valence-corrected chi connectivity index (χ2v) is 5.16. The number of nitrogens with zero attached hydrogens (tertiary/aromatic N) is 2. The average Bonchev–Trinajstić information content (AvgIpc) is 2.93. The van der Waals surface area contributed by atoms with Gasteiger partial charge in [0.1, 0.15) is 5.75 Å². The van der Waals surface area contributed by atoms with Gasteiger partial charge in [0.05, 0.1) is 5.56 Å². The van der Waals surface area contributed by atoms with Crippen LogP contribution in [0.15, 0.2) is 47.0 Å². The van der Waals surface area contributed by atoms with Gasteiger partial charge in [-0.3, -0.25) is 0 Å². The molecule has 0 fully saturated rings. The Morgan fingerprint density at radius 2 is 1.95 bits per heavy atom. The minimum absolute atomic E-state index is 0.158. The van der Waals surface area contributed by atoms with Crippen molar-refractivity contribution in [2.45, 2.75) is 13.3 Å². The third kappa shape index (κ3) is 2.76. The van der Waals surface area contributed by atoms with Gasteiger partial charge < -0.3 is 9.63 Å². The smallest absolute Gasteiger partial charge is 0.261 e. The first-order chi connectivity index (χ1) is 10.1. The molecule has 0 atom stereocenters. The summed E-state index contributed by atoms with van der Waals surface area (Å²) in [6.07, 6.45) is 0.482. The largest absolute Gasteiger partial charge is 0.507 e. The van der Waals surface area contributed by atoms with Crippen LogP contribution in [-0.4, -0.2) is 15.2 Å². The second-order valence-electron chi connectivity index (χ2n) is 4.76. The van der Waals surface area contributed by atoms with E-state index in [2.05, 4.69) is 10.1 Å². The molecule has 0 aliphatic heterocycles. The number of aromatic hydroxyl groups is 1. The summed E-state index contributed by atoms with van der Waals surface area (Å²) in [6.45, 7) is 1.82. The van der Waals surface area contributed by atoms with E-state index in [1.807, 2.05) is 43.3 Å². The van der Waals surface area contributed by atoms with E-state index in [1.54, 1.807) is 6.07 Å². The lowest BCUT2D eigenvalue weighted by Gasteiger charge is -2.01. The van der Waals surface area contributed by atoms with Crippen LogP contribution < -0.4 is 0 Å². The number of aromatic nitrogens is 2. The standard InChI is InChI=1S/C16H13ClN2O2/c1-10-5-4-7-12(15(10)20)16-18-14(19-21-16)9-11-6-2-3-8-13(11)17/h2-8,20H,9H2,1H3. The van der Waals surface area contributed by atoms with E-state index in [0.717, 1.165) is 11.1 Å². The number of para-hydroxylation sites is 1. The third-order valence-corrected chi connectivity index (χ3v) is 3.61. The molecular weight excluding hydrogens is 288 g/mol. The van der Waals surface area contributed by atoms with Crippen molar-refractivity contribution in [1.82, 2.24) is 10.1 Å². The van der Waals surface area contributed by atoms with Crippen LogP contribution in [0.3, 0.4) is 0 Å². The summed E-state index contributed by atoms with van der Waals surface area (Å²) in [7, 11) is 0. The molecule has 1 aromatic heterocycles. The zero-order valence-corrected chi connectivity index (χ0v) is 12.1. The van der Waals surface area contributed by atoms with Crippen molar-refractivity contribution in [3.63, 3.8) is 0 Å². The van der Waals surface area contributed by atoms with Gasteiger partial charge in [0, 0.05) is 11.4 Å². The fourth-order valence-electron chi connectivity index (χ4n) is 2.08. The molecule has 0 saturated heterocycles. The molecule has 3 rings (SSSR count). The van der Waals surface area contributed by atoms with E-state index in [4.69, 9.17) is 16.1 Å². The van der Waals surface area contributed by atoms with Gasteiger partial charge in [-0.05, 0) is 30.2 Å². The number of phenolic OH excluding ortho intramolecular Hbond substituents is 1. The number of aryl methyl sites for hydroxylation is 1. The molecule has 1 N–H and O–H groups in total. The van der Waals surface area contributed by atoms with Crippen LogP contribution in [0.4, 0.5) is 0 Å². The zero-order chi connectivity index (χ0) is 14.8. The van der Waals surface area contributed by atoms with Gasteiger partial charge in [-0.25, -0.2) is 0 Å². The molecule has 0 aliphatic carbocycles. The first-order valence-corrected chi connectivity index (χ1v) is 6.88. The highest BCUT2D eigenvalue weighted by Gasteiger charge is 2.14. The zero-order valence-electron chi connectivity index (χ0n) is 11.4. The summed E-state index contributed by atoms with van der Waals surface area (Å²) in [4.78, 5) is 4.32. The Kier molecular flexibility index (Phi) is 3.62. The number of rotatable bonds is 3. The van der Waals surface area contributed by atoms with Gasteiger partial charge >= 0.3 is 0 Å². The Morgan fingerprint density at radius 3 is 2.76 bits per heavy atom. The maximum absolute atomic E-state index is 10.0. The minimum atomic E-state index is 0.158. The molecule has 2 aromatic carbocycles. The predicted octanol–water partition coefficient (Wildman–Crippen LogP) is 3.99. The van der Waals surface area contributed by atoms with E-state index in [-0.39, 0.29) is 5.75 Å². The summed E-state index contributed by atoms with van der Waals surface area (Å²) in [5.74, 6) is 0.989. The van der Waals surface area contributed by atoms with Crippen molar-refractivity contribution in [2.24, 2.45) is 0 Å². The topological polar surface area (TPSA) is 59.2 Å². The minimum Gasteiger partial charge on any atom is -0.507 e. The molecule has 5 heteroatoms. The van der Waals surface area contributed by atoms with E-state index in [9.17, 15) is 5.11 Å². The lowest BCUT2D eigenvalue weighted by atomic mass is 10.1. The van der Waals surface area contributed by atoms with Crippen LogP contribution in [-0.2, 0) is 6.42 Å². The number of phenols is 1. The Labute approximate surface area is 127 Å². The lowest BCUT2D eigenvalue weighted by molar-refractivity contribution is 0.418. The molecule has 0 bridgehead atoms. The van der Waals surface area contributed by atoms with Crippen molar-refractivity contribution < 1.29 is 9.63 Å². The van der Waals surface area contributed by atoms with Crippen molar-refractivity contribution in [3.8, 4) is 17.2 Å². The molecule has 4 nitrogen and oxygen atoms in total. The molecule has 21 heavy (non-hydrogen) atoms. The van der Waals surface area contributed by atoms with Crippen molar-refractivity contribution >= 4 is 11.6 Å². The molecule has 0 amide bonds. The average molecular weight is 301 g/mol. The molecule has 1 heterocycles. The van der Waals surface area contributed by atoms with Crippen molar-refractivity contribution in [2.75, 3.05) is 0 Å². The van der Waals surface area contributed by atoms with Gasteiger partial charge in [0.25, 0.3) is 5.89 Å². The first kappa shape index (κ1) is 13.6. The summed E-state index contributed by atoms with van der Waals surface area (Å²) in [6, 6.07) is 12.9. The number of halogens is 1. The van der Waals surface area contributed by atoms with Gasteiger partial charge in [-0.15, -0.1) is 0 Å². The summed E-state index contributed by atoms with van der Waals surface area (Å²) >= 11 is 6.12. The van der Waals surface area contributed by atoms with Crippen LogP contribution in [0.2, 0.25) is 5.02 Å². The van der Waals surface area contributed by atoms with E-state index >= 15 is 0 Å². The Morgan fingerprint density at radius 1 is 1.14 bits per heavy atom. The Hall–Kier alpha value is -2.33. The van der Waals surface area contributed by atoms with Gasteiger partial charge in [0.2, 0.25) is 0 Å². The molecule has 3 aromatic rings. The molecular formula is C16H13ClN2O2. The van der Waals surface area contributed by atoms with Gasteiger partial charge in [-0.1, -0.05) is 47.1 Å². The number of benzene rings is 2. The Bertz CT molecular complexity index is 783. The monoisotopic (exact) mass is 300 g/mol. The van der Waals surface area contributed by atoms with E-state index < -0.39 is 0 Å². The predicted molar refractivity (Wildman–Crippen MR) is 80.4 cm³/mol. The molecule has 0 unspecified atom stereocenters. The van der Waals surface area contributed by atoms with Gasteiger partial charge in [0.15, 0.2) is 5.82 Å². The third-order valence-electron chi connectivity index (χ3n) is 3.24. The lowest BCUT2D eigenvalue weighted by Crippen LogP contribution is -1.91. The first-order valence-electron chi connectivity index (χ1n) is 6.50. The molecule has 0 spiro atoms. The molecule has 106 valence electrons. The van der Waals surface area contributed by atoms with Crippen molar-refractivity contribution in [1.29, 1.82) is 0 Å². The fourth-order valence-corrected chi connectivity index (χ4v) is 2.28. The highest BCUT2D eigenvalue weighted by molar-refractivity contribution is 6.31. The number of hydrogen-bond acceptors (Lipinski definition) is 4. The van der Waals surface area contributed by atoms with Crippen LogP contribution in [0.5, 0.6) is 5.75 Å².